The average molecular weight is 429 g/mol. The van der Waals surface area contributed by atoms with E-state index in [0.717, 1.165) is 0 Å². The monoisotopic (exact) mass is 429 g/mol. The number of allylic oxidation sites excluding steroid dienone is 1. The van der Waals surface area contributed by atoms with Gasteiger partial charge in [-0.15, -0.1) is 0 Å². The highest BCUT2D eigenvalue weighted by Crippen LogP contribution is 2.45. The molecule has 0 fully saturated rings. The molecule has 0 saturated carbocycles. The SMILES string of the molecule is CC1CCC2=C(N=C(C#N)C1C#N)C1N=C(C#N)C(C#N)=NC1c1nc(C#N)c(C#N)nc12. The molecule has 33 heavy (non-hydrogen) atoms. The normalized spacial score (nSPS) is 25.1. The van der Waals surface area contributed by atoms with Crippen molar-refractivity contribution in [2.24, 2.45) is 26.8 Å². The first-order valence-electron chi connectivity index (χ1n) is 9.81. The molecule has 2 aliphatic heterocycles. The lowest BCUT2D eigenvalue weighted by molar-refractivity contribution is 0.485. The molecule has 0 saturated heterocycles. The van der Waals surface area contributed by atoms with E-state index in [4.69, 9.17) is 0 Å². The largest absolute Gasteiger partial charge is 0.259 e. The van der Waals surface area contributed by atoms with Crippen molar-refractivity contribution < 1.29 is 0 Å². The van der Waals surface area contributed by atoms with Gasteiger partial charge < -0.3 is 0 Å². The topological polar surface area (TPSA) is 206 Å². The fourth-order valence-corrected chi connectivity index (χ4v) is 4.13. The van der Waals surface area contributed by atoms with Gasteiger partial charge in [0, 0.05) is 5.57 Å². The molecule has 0 spiro atoms. The Hall–Kier alpha value is -5.23. The standard InChI is InChI=1S/C22H11N11/c1-10-2-3-11-18(29-13(5-24)12(10)4-23)20-22(33-17(9-28)16(8-27)32-20)21-19(11)30-14(6-25)15(7-26)31-21/h10,12,20,22H,2-3H2,1H3. The summed E-state index contributed by atoms with van der Waals surface area (Å²) < 4.78 is 0. The summed E-state index contributed by atoms with van der Waals surface area (Å²) >= 11 is 0. The maximum Gasteiger partial charge on any atom is 0.177 e. The van der Waals surface area contributed by atoms with E-state index in [1.165, 1.54) is 0 Å². The number of aliphatic imine (C=N–C) groups is 3. The lowest BCUT2D eigenvalue weighted by Crippen LogP contribution is -2.34. The quantitative estimate of drug-likeness (QED) is 0.592. The molecule has 1 aromatic rings. The van der Waals surface area contributed by atoms with E-state index in [0.29, 0.717) is 29.8 Å². The molecule has 11 nitrogen and oxygen atoms in total. The number of nitriles is 6. The minimum atomic E-state index is -0.932. The Balaban J connectivity index is 2.09. The van der Waals surface area contributed by atoms with Crippen molar-refractivity contribution >= 4 is 22.7 Å². The molecule has 0 bridgehead atoms. The summed E-state index contributed by atoms with van der Waals surface area (Å²) in [7, 11) is 0. The number of hydrogen-bond acceptors (Lipinski definition) is 11. The molecule has 1 aromatic heterocycles. The van der Waals surface area contributed by atoms with E-state index >= 15 is 0 Å². The average Bonchev–Trinajstić information content (AvgIpc) is 2.84. The van der Waals surface area contributed by atoms with E-state index < -0.39 is 18.0 Å². The van der Waals surface area contributed by atoms with Gasteiger partial charge in [0.25, 0.3) is 0 Å². The third-order valence-electron chi connectivity index (χ3n) is 5.77. The van der Waals surface area contributed by atoms with E-state index in [2.05, 4.69) is 31.0 Å². The highest BCUT2D eigenvalue weighted by atomic mass is 15.1. The fourth-order valence-electron chi connectivity index (χ4n) is 4.13. The molecule has 11 heteroatoms. The Morgan fingerprint density at radius 1 is 0.788 bits per heavy atom. The molecule has 154 valence electrons. The van der Waals surface area contributed by atoms with Gasteiger partial charge in [-0.05, 0) is 18.8 Å². The molecule has 3 aliphatic rings. The molecule has 3 heterocycles. The van der Waals surface area contributed by atoms with Gasteiger partial charge in [0.1, 0.15) is 54.1 Å². The minimum absolute atomic E-state index is 0.00489. The van der Waals surface area contributed by atoms with Gasteiger partial charge in [-0.2, -0.15) is 31.6 Å². The predicted molar refractivity (Wildman–Crippen MR) is 112 cm³/mol. The smallest absolute Gasteiger partial charge is 0.177 e. The van der Waals surface area contributed by atoms with E-state index in [-0.39, 0.29) is 40.1 Å². The molecule has 4 atom stereocenters. The fraction of sp³-hybridized carbons (Fsp3) is 0.318. The van der Waals surface area contributed by atoms with Gasteiger partial charge in [0.05, 0.1) is 23.2 Å². The zero-order chi connectivity index (χ0) is 23.7. The number of nitrogens with zero attached hydrogens (tertiary/aromatic N) is 11. The summed E-state index contributed by atoms with van der Waals surface area (Å²) in [5.41, 5.74) is 0.675. The zero-order valence-corrected chi connectivity index (χ0v) is 17.1. The summed E-state index contributed by atoms with van der Waals surface area (Å²) in [6.45, 7) is 1.85. The summed E-state index contributed by atoms with van der Waals surface area (Å²) in [5.74, 6) is -0.912. The van der Waals surface area contributed by atoms with Gasteiger partial charge in [0.2, 0.25) is 0 Å². The third kappa shape index (κ3) is 3.19. The van der Waals surface area contributed by atoms with Crippen molar-refractivity contribution in [2.75, 3.05) is 0 Å². The second-order valence-corrected chi connectivity index (χ2v) is 7.54. The van der Waals surface area contributed by atoms with Crippen LogP contribution in [0.3, 0.4) is 0 Å². The maximum atomic E-state index is 9.72. The molecule has 0 N–H and O–H groups in total. The molecule has 0 amide bonds. The van der Waals surface area contributed by atoms with Crippen LogP contribution in [-0.2, 0) is 0 Å². The summed E-state index contributed by atoms with van der Waals surface area (Å²) in [6.07, 6.45) is 0.907. The third-order valence-corrected chi connectivity index (χ3v) is 5.77. The maximum absolute atomic E-state index is 9.72. The van der Waals surface area contributed by atoms with Crippen molar-refractivity contribution in [3.63, 3.8) is 0 Å². The lowest BCUT2D eigenvalue weighted by atomic mass is 9.80. The summed E-state index contributed by atoms with van der Waals surface area (Å²) in [4.78, 5) is 22.0. The first-order chi connectivity index (χ1) is 16.0. The van der Waals surface area contributed by atoms with Crippen molar-refractivity contribution in [3.8, 4) is 36.4 Å². The van der Waals surface area contributed by atoms with Crippen LogP contribution < -0.4 is 0 Å². The highest BCUT2D eigenvalue weighted by Gasteiger charge is 2.43. The molecule has 1 aliphatic carbocycles. The second kappa shape index (κ2) is 8.13. The van der Waals surface area contributed by atoms with Crippen LogP contribution in [0.5, 0.6) is 0 Å². The van der Waals surface area contributed by atoms with Crippen LogP contribution in [0.2, 0.25) is 0 Å². The van der Waals surface area contributed by atoms with Gasteiger partial charge in [-0.1, -0.05) is 6.92 Å². The Kier molecular flexibility index (Phi) is 5.18. The van der Waals surface area contributed by atoms with E-state index in [9.17, 15) is 31.6 Å². The van der Waals surface area contributed by atoms with Crippen LogP contribution in [0, 0.1) is 79.8 Å². The minimum Gasteiger partial charge on any atom is -0.259 e. The molecule has 0 radical (unpaired) electrons. The molecule has 4 rings (SSSR count). The first-order valence-corrected chi connectivity index (χ1v) is 9.81. The van der Waals surface area contributed by atoms with E-state index in [1.54, 1.807) is 0 Å². The van der Waals surface area contributed by atoms with Crippen LogP contribution in [0.15, 0.2) is 20.7 Å². The number of hydrogen-bond donors (Lipinski definition) is 0. The number of fused-ring (bicyclic) bond motifs is 5. The van der Waals surface area contributed by atoms with Crippen LogP contribution in [-0.4, -0.2) is 33.1 Å². The van der Waals surface area contributed by atoms with Crippen LogP contribution in [0.25, 0.3) is 5.57 Å². The van der Waals surface area contributed by atoms with Crippen LogP contribution in [0.4, 0.5) is 0 Å². The van der Waals surface area contributed by atoms with Gasteiger partial charge in [-0.25, -0.2) is 15.0 Å². The van der Waals surface area contributed by atoms with Gasteiger partial charge in [-0.3, -0.25) is 9.98 Å². The van der Waals surface area contributed by atoms with Crippen molar-refractivity contribution in [1.29, 1.82) is 31.6 Å². The van der Waals surface area contributed by atoms with Crippen LogP contribution >= 0.6 is 0 Å². The zero-order valence-electron chi connectivity index (χ0n) is 17.1. The Morgan fingerprint density at radius 3 is 2.00 bits per heavy atom. The first kappa shape index (κ1) is 21.0. The highest BCUT2D eigenvalue weighted by molar-refractivity contribution is 6.53. The Labute approximate surface area is 188 Å². The molecular weight excluding hydrogens is 418 g/mol. The molecule has 0 aromatic carbocycles. The van der Waals surface area contributed by atoms with Crippen molar-refractivity contribution in [3.05, 3.63) is 28.5 Å². The lowest BCUT2D eigenvalue weighted by Gasteiger charge is -2.34. The number of aromatic nitrogens is 2. The second-order valence-electron chi connectivity index (χ2n) is 7.54. The Bertz CT molecular complexity index is 1460. The predicted octanol–water partition coefficient (Wildman–Crippen LogP) is 1.83. The molecular formula is C22H11N11. The van der Waals surface area contributed by atoms with Gasteiger partial charge >= 0.3 is 0 Å². The summed E-state index contributed by atoms with van der Waals surface area (Å²) in [5, 5.41) is 57.1. The van der Waals surface area contributed by atoms with Crippen molar-refractivity contribution in [2.45, 2.75) is 31.8 Å². The van der Waals surface area contributed by atoms with Crippen LogP contribution in [0.1, 0.15) is 48.6 Å². The Morgan fingerprint density at radius 2 is 1.42 bits per heavy atom. The molecule has 4 unspecified atom stereocenters. The summed E-state index contributed by atoms with van der Waals surface area (Å²) in [6, 6.07) is 9.72. The number of rotatable bonds is 0. The van der Waals surface area contributed by atoms with E-state index in [1.807, 2.05) is 37.3 Å². The van der Waals surface area contributed by atoms with Gasteiger partial charge in [0.15, 0.2) is 22.8 Å². The van der Waals surface area contributed by atoms with Crippen molar-refractivity contribution in [1.82, 2.24) is 9.97 Å².